The topological polar surface area (TPSA) is 77.1 Å². The van der Waals surface area contributed by atoms with E-state index in [1.165, 1.54) is 0 Å². The van der Waals surface area contributed by atoms with E-state index < -0.39 is 11.5 Å². The summed E-state index contributed by atoms with van der Waals surface area (Å²) in [6.45, 7) is 6.60. The summed E-state index contributed by atoms with van der Waals surface area (Å²) >= 11 is 0. The minimum atomic E-state index is -0.753. The van der Waals surface area contributed by atoms with Crippen LogP contribution < -0.4 is 24.4 Å². The second-order valence-electron chi connectivity index (χ2n) is 7.76. The number of benzene rings is 2. The summed E-state index contributed by atoms with van der Waals surface area (Å²) in [5.74, 6) is 1.44. The van der Waals surface area contributed by atoms with E-state index in [4.69, 9.17) is 14.2 Å². The van der Waals surface area contributed by atoms with Crippen LogP contribution in [0.2, 0.25) is 0 Å². The SMILES string of the molecule is CCN1C(=O)C(C)(C)COc2cc(NC(=O)C3COc4ccccc4O3)ccc21. The minimum Gasteiger partial charge on any atom is -0.490 e. The number of para-hydroxylation sites is 2. The molecule has 1 atom stereocenters. The Morgan fingerprint density at radius 3 is 2.66 bits per heavy atom. The number of carbonyl (C=O) groups is 2. The van der Waals surface area contributed by atoms with Gasteiger partial charge in [0, 0.05) is 18.3 Å². The number of anilines is 2. The molecule has 7 heteroatoms. The smallest absolute Gasteiger partial charge is 0.269 e. The van der Waals surface area contributed by atoms with E-state index in [1.807, 2.05) is 32.9 Å². The fraction of sp³-hybridized carbons (Fsp3) is 0.364. The van der Waals surface area contributed by atoms with Crippen molar-refractivity contribution in [1.29, 1.82) is 0 Å². The first-order valence-corrected chi connectivity index (χ1v) is 9.67. The zero-order chi connectivity index (χ0) is 20.6. The molecule has 1 N–H and O–H groups in total. The first kappa shape index (κ1) is 19.1. The molecule has 0 radical (unpaired) electrons. The van der Waals surface area contributed by atoms with Crippen LogP contribution in [0.3, 0.4) is 0 Å². The summed E-state index contributed by atoms with van der Waals surface area (Å²) in [5, 5.41) is 2.85. The van der Waals surface area contributed by atoms with Crippen LogP contribution >= 0.6 is 0 Å². The summed E-state index contributed by atoms with van der Waals surface area (Å²) in [7, 11) is 0. The molecule has 0 saturated heterocycles. The quantitative estimate of drug-likeness (QED) is 0.862. The Morgan fingerprint density at radius 1 is 1.14 bits per heavy atom. The van der Waals surface area contributed by atoms with E-state index in [0.29, 0.717) is 35.2 Å². The number of hydrogen-bond donors (Lipinski definition) is 1. The molecule has 2 aromatic carbocycles. The fourth-order valence-corrected chi connectivity index (χ4v) is 3.41. The molecule has 2 amide bonds. The lowest BCUT2D eigenvalue weighted by molar-refractivity contribution is -0.127. The van der Waals surface area contributed by atoms with Crippen LogP contribution in [0.15, 0.2) is 42.5 Å². The molecule has 0 aromatic heterocycles. The second kappa shape index (κ2) is 7.31. The van der Waals surface area contributed by atoms with Crippen molar-refractivity contribution in [2.45, 2.75) is 26.9 Å². The number of carbonyl (C=O) groups excluding carboxylic acids is 2. The zero-order valence-electron chi connectivity index (χ0n) is 16.7. The lowest BCUT2D eigenvalue weighted by Gasteiger charge is -2.27. The van der Waals surface area contributed by atoms with Crippen molar-refractivity contribution >= 4 is 23.2 Å². The van der Waals surface area contributed by atoms with Crippen LogP contribution in [-0.2, 0) is 9.59 Å². The van der Waals surface area contributed by atoms with E-state index in [1.54, 1.807) is 35.2 Å². The van der Waals surface area contributed by atoms with Crippen molar-refractivity contribution < 1.29 is 23.8 Å². The number of ether oxygens (including phenoxy) is 3. The van der Waals surface area contributed by atoms with Crippen LogP contribution in [0, 0.1) is 5.41 Å². The number of amides is 2. The van der Waals surface area contributed by atoms with Gasteiger partial charge in [0.25, 0.3) is 5.91 Å². The number of hydrogen-bond acceptors (Lipinski definition) is 5. The van der Waals surface area contributed by atoms with Crippen molar-refractivity contribution in [3.05, 3.63) is 42.5 Å². The van der Waals surface area contributed by atoms with Crippen molar-refractivity contribution in [2.75, 3.05) is 30.0 Å². The average molecular weight is 396 g/mol. The second-order valence-corrected chi connectivity index (χ2v) is 7.76. The fourth-order valence-electron chi connectivity index (χ4n) is 3.41. The predicted octanol–water partition coefficient (Wildman–Crippen LogP) is 3.24. The molecule has 7 nitrogen and oxygen atoms in total. The molecule has 2 aliphatic heterocycles. The molecule has 2 aliphatic rings. The molecule has 0 saturated carbocycles. The lowest BCUT2D eigenvalue weighted by atomic mass is 9.93. The standard InChI is InChI=1S/C22H24N2O5/c1-4-24-15-10-9-14(11-18(15)28-13-22(2,3)21(24)26)23-20(25)19-12-27-16-7-5-6-8-17(16)29-19/h5-11,19H,4,12-13H2,1-3H3,(H,23,25). The molecule has 1 unspecified atom stereocenters. The number of nitrogens with one attached hydrogen (secondary N) is 1. The predicted molar refractivity (Wildman–Crippen MR) is 109 cm³/mol. The van der Waals surface area contributed by atoms with Crippen LogP contribution in [0.1, 0.15) is 20.8 Å². The Labute approximate surface area is 169 Å². The highest BCUT2D eigenvalue weighted by Crippen LogP contribution is 2.38. The average Bonchev–Trinajstić information content (AvgIpc) is 2.82. The van der Waals surface area contributed by atoms with E-state index in [9.17, 15) is 9.59 Å². The van der Waals surface area contributed by atoms with Crippen LogP contribution in [0.5, 0.6) is 17.2 Å². The molecule has 0 aliphatic carbocycles. The van der Waals surface area contributed by atoms with Crippen molar-refractivity contribution in [1.82, 2.24) is 0 Å². The van der Waals surface area contributed by atoms with Gasteiger partial charge in [0.2, 0.25) is 12.0 Å². The highest BCUT2D eigenvalue weighted by Gasteiger charge is 2.37. The minimum absolute atomic E-state index is 0.0157. The van der Waals surface area contributed by atoms with Gasteiger partial charge in [-0.3, -0.25) is 9.59 Å². The number of rotatable bonds is 3. The Kier molecular flexibility index (Phi) is 4.82. The van der Waals surface area contributed by atoms with Gasteiger partial charge in [-0.25, -0.2) is 0 Å². The van der Waals surface area contributed by atoms with Crippen LogP contribution in [-0.4, -0.2) is 37.7 Å². The molecule has 0 bridgehead atoms. The molecule has 152 valence electrons. The first-order chi connectivity index (χ1) is 13.9. The lowest BCUT2D eigenvalue weighted by Crippen LogP contribution is -2.42. The summed E-state index contributed by atoms with van der Waals surface area (Å²) in [4.78, 5) is 27.2. The molecule has 0 spiro atoms. The van der Waals surface area contributed by atoms with E-state index in [0.717, 1.165) is 0 Å². The first-order valence-electron chi connectivity index (χ1n) is 9.67. The van der Waals surface area contributed by atoms with Gasteiger partial charge in [-0.1, -0.05) is 12.1 Å². The largest absolute Gasteiger partial charge is 0.490 e. The van der Waals surface area contributed by atoms with Crippen molar-refractivity contribution in [3.8, 4) is 17.2 Å². The molecule has 0 fully saturated rings. The van der Waals surface area contributed by atoms with E-state index in [-0.39, 0.29) is 25.0 Å². The highest BCUT2D eigenvalue weighted by atomic mass is 16.6. The zero-order valence-corrected chi connectivity index (χ0v) is 16.7. The van der Waals surface area contributed by atoms with Gasteiger partial charge in [-0.2, -0.15) is 0 Å². The van der Waals surface area contributed by atoms with E-state index >= 15 is 0 Å². The third-order valence-electron chi connectivity index (χ3n) is 5.05. The third-order valence-corrected chi connectivity index (χ3v) is 5.05. The maximum absolute atomic E-state index is 12.8. The molecular formula is C22H24N2O5. The third kappa shape index (κ3) is 3.60. The monoisotopic (exact) mass is 396 g/mol. The summed E-state index contributed by atoms with van der Waals surface area (Å²) in [5.41, 5.74) is 0.644. The molecule has 2 heterocycles. The molecule has 29 heavy (non-hydrogen) atoms. The van der Waals surface area contributed by atoms with Gasteiger partial charge in [-0.05, 0) is 45.0 Å². The summed E-state index contributed by atoms with van der Waals surface area (Å²) < 4.78 is 17.3. The van der Waals surface area contributed by atoms with Gasteiger partial charge in [0.1, 0.15) is 19.0 Å². The van der Waals surface area contributed by atoms with Crippen molar-refractivity contribution in [2.24, 2.45) is 5.41 Å². The van der Waals surface area contributed by atoms with Gasteiger partial charge in [-0.15, -0.1) is 0 Å². The molecule has 4 rings (SSSR count). The number of fused-ring (bicyclic) bond motifs is 2. The Balaban J connectivity index is 1.52. The van der Waals surface area contributed by atoms with Crippen LogP contribution in [0.25, 0.3) is 0 Å². The maximum atomic E-state index is 12.8. The van der Waals surface area contributed by atoms with Gasteiger partial charge in [0.05, 0.1) is 11.1 Å². The Morgan fingerprint density at radius 2 is 1.90 bits per heavy atom. The highest BCUT2D eigenvalue weighted by molar-refractivity contribution is 6.00. The van der Waals surface area contributed by atoms with Crippen LogP contribution in [0.4, 0.5) is 11.4 Å². The van der Waals surface area contributed by atoms with Gasteiger partial charge < -0.3 is 24.4 Å². The van der Waals surface area contributed by atoms with E-state index in [2.05, 4.69) is 5.32 Å². The number of nitrogens with zero attached hydrogens (tertiary/aromatic N) is 1. The normalized spacial score (nSPS) is 19.6. The Hall–Kier alpha value is -3.22. The summed E-state index contributed by atoms with van der Waals surface area (Å²) in [6, 6.07) is 12.5. The molecular weight excluding hydrogens is 372 g/mol. The summed E-state index contributed by atoms with van der Waals surface area (Å²) in [6.07, 6.45) is -0.753. The van der Waals surface area contributed by atoms with Crippen molar-refractivity contribution in [3.63, 3.8) is 0 Å². The molecule has 2 aromatic rings. The van der Waals surface area contributed by atoms with Gasteiger partial charge in [0.15, 0.2) is 11.5 Å². The van der Waals surface area contributed by atoms with Gasteiger partial charge >= 0.3 is 0 Å². The maximum Gasteiger partial charge on any atom is 0.269 e. The Bertz CT molecular complexity index is 956.